The number of para-hydroxylation sites is 1. The Bertz CT molecular complexity index is 2930. The molecule has 0 bridgehead atoms. The molecule has 1 heterocycles. The number of hydrogen-bond donors (Lipinski definition) is 0. The molecule has 0 spiro atoms. The average Bonchev–Trinajstić information content (AvgIpc) is 3.64. The number of hydrogen-bond acceptors (Lipinski definition) is 2. The second-order valence-corrected chi connectivity index (χ2v) is 14.8. The van der Waals surface area contributed by atoms with E-state index in [0.717, 1.165) is 11.4 Å². The molecule has 0 unspecified atom stereocenters. The van der Waals surface area contributed by atoms with E-state index < -0.39 is 0 Å². The first-order valence-corrected chi connectivity index (χ1v) is 19.2. The van der Waals surface area contributed by atoms with Gasteiger partial charge in [-0.05, 0) is 92.2 Å². The van der Waals surface area contributed by atoms with Crippen LogP contribution in [0.2, 0.25) is 0 Å². The van der Waals surface area contributed by atoms with Crippen molar-refractivity contribution in [2.24, 2.45) is 0 Å². The van der Waals surface area contributed by atoms with Crippen molar-refractivity contribution < 1.29 is 0 Å². The molecular weight excluding hydrogens is 671 g/mol. The summed E-state index contributed by atoms with van der Waals surface area (Å²) in [5, 5.41) is 5.02. The lowest BCUT2D eigenvalue weighted by Crippen LogP contribution is -2.11. The zero-order chi connectivity index (χ0) is 35.8. The lowest BCUT2D eigenvalue weighted by atomic mass is 9.93. The van der Waals surface area contributed by atoms with E-state index in [1.54, 1.807) is 0 Å². The molecule has 0 fully saturated rings. The second kappa shape index (κ2) is 13.7. The number of anilines is 3. The molecule has 0 aliphatic carbocycles. The van der Waals surface area contributed by atoms with Gasteiger partial charge in [0.2, 0.25) is 0 Å². The first-order chi connectivity index (χ1) is 26.8. The molecule has 10 aromatic rings. The van der Waals surface area contributed by atoms with Crippen LogP contribution in [0, 0.1) is 0 Å². The van der Waals surface area contributed by atoms with Crippen molar-refractivity contribution in [1.82, 2.24) is 0 Å². The molecule has 1 nitrogen and oxygen atoms in total. The maximum absolute atomic E-state index is 2.48. The summed E-state index contributed by atoms with van der Waals surface area (Å²) in [6, 6.07) is 77.2. The SMILES string of the molecule is c1ccc(-c2ccc3ccc(-c4ccccc4N(c4ccc(-c5ccccc5)c(-c5ccccc5)c4)c4cccc5c4sc4ccccc45)cc3c2)cc1. The first-order valence-electron chi connectivity index (χ1n) is 18.4. The van der Waals surface area contributed by atoms with E-state index in [1.165, 1.54) is 81.1 Å². The van der Waals surface area contributed by atoms with Crippen LogP contribution in [-0.2, 0) is 0 Å². The third-order valence-corrected chi connectivity index (χ3v) is 11.7. The van der Waals surface area contributed by atoms with Gasteiger partial charge in [-0.1, -0.05) is 170 Å². The molecule has 0 aliphatic rings. The fourth-order valence-corrected chi connectivity index (χ4v) is 9.06. The normalized spacial score (nSPS) is 11.3. The fourth-order valence-electron chi connectivity index (χ4n) is 7.85. The molecule has 0 saturated carbocycles. The van der Waals surface area contributed by atoms with Crippen LogP contribution in [0.5, 0.6) is 0 Å². The highest BCUT2D eigenvalue weighted by Gasteiger charge is 2.22. The minimum Gasteiger partial charge on any atom is -0.308 e. The van der Waals surface area contributed by atoms with Crippen molar-refractivity contribution in [1.29, 1.82) is 0 Å². The highest BCUT2D eigenvalue weighted by Crippen LogP contribution is 2.48. The third-order valence-electron chi connectivity index (χ3n) is 10.5. The van der Waals surface area contributed by atoms with Gasteiger partial charge in [0.05, 0.1) is 16.1 Å². The molecule has 10 rings (SSSR count). The molecule has 2 heteroatoms. The predicted octanol–water partition coefficient (Wildman–Crippen LogP) is 15.3. The number of thiophene rings is 1. The molecule has 254 valence electrons. The Morgan fingerprint density at radius 2 is 0.907 bits per heavy atom. The van der Waals surface area contributed by atoms with Gasteiger partial charge in [-0.2, -0.15) is 0 Å². The summed E-state index contributed by atoms with van der Waals surface area (Å²) < 4.78 is 2.56. The Labute approximate surface area is 319 Å². The lowest BCUT2D eigenvalue weighted by Gasteiger charge is -2.29. The quantitative estimate of drug-likeness (QED) is 0.160. The Hall–Kier alpha value is -6.74. The first kappa shape index (κ1) is 32.0. The van der Waals surface area contributed by atoms with Crippen LogP contribution in [0.25, 0.3) is 75.5 Å². The van der Waals surface area contributed by atoms with E-state index in [1.807, 2.05) is 11.3 Å². The summed E-state index contributed by atoms with van der Waals surface area (Å²) in [7, 11) is 0. The van der Waals surface area contributed by atoms with E-state index in [2.05, 4.69) is 217 Å². The van der Waals surface area contributed by atoms with Crippen molar-refractivity contribution in [3.63, 3.8) is 0 Å². The summed E-state index contributed by atoms with van der Waals surface area (Å²) in [6.45, 7) is 0. The van der Waals surface area contributed by atoms with Crippen LogP contribution < -0.4 is 4.90 Å². The zero-order valence-corrected chi connectivity index (χ0v) is 30.4. The molecule has 0 amide bonds. The minimum absolute atomic E-state index is 1.11. The van der Waals surface area contributed by atoms with Crippen molar-refractivity contribution >= 4 is 59.3 Å². The van der Waals surface area contributed by atoms with Crippen LogP contribution in [0.15, 0.2) is 212 Å². The van der Waals surface area contributed by atoms with Crippen LogP contribution >= 0.6 is 11.3 Å². The van der Waals surface area contributed by atoms with Crippen molar-refractivity contribution in [2.75, 3.05) is 4.90 Å². The maximum Gasteiger partial charge on any atom is 0.0640 e. The Morgan fingerprint density at radius 3 is 1.69 bits per heavy atom. The smallest absolute Gasteiger partial charge is 0.0640 e. The van der Waals surface area contributed by atoms with Crippen LogP contribution in [0.3, 0.4) is 0 Å². The van der Waals surface area contributed by atoms with Gasteiger partial charge in [-0.15, -0.1) is 11.3 Å². The van der Waals surface area contributed by atoms with Gasteiger partial charge in [-0.25, -0.2) is 0 Å². The number of rotatable bonds is 7. The molecular formula is C52H35NS. The highest BCUT2D eigenvalue weighted by atomic mass is 32.1. The largest absolute Gasteiger partial charge is 0.308 e. The summed E-state index contributed by atoms with van der Waals surface area (Å²) >= 11 is 1.87. The highest BCUT2D eigenvalue weighted by molar-refractivity contribution is 7.26. The van der Waals surface area contributed by atoms with Crippen LogP contribution in [0.4, 0.5) is 17.1 Å². The molecule has 0 atom stereocenters. The molecule has 0 aliphatic heterocycles. The standard InChI is InChI=1S/C52H35NS/c1-4-15-36(16-5-1)40-29-27-37-28-30-41(34-42(37)33-40)45-21-10-12-24-49(45)53(50-25-14-23-47-46-22-11-13-26-51(46)54-52(47)50)43-31-32-44(38-17-6-2-7-18-38)48(35-43)39-19-8-3-9-20-39/h1-35H. The third kappa shape index (κ3) is 5.74. The fraction of sp³-hybridized carbons (Fsp3) is 0. The predicted molar refractivity (Wildman–Crippen MR) is 233 cm³/mol. The zero-order valence-electron chi connectivity index (χ0n) is 29.6. The van der Waals surface area contributed by atoms with E-state index in [4.69, 9.17) is 0 Å². The van der Waals surface area contributed by atoms with Gasteiger partial charge in [0.1, 0.15) is 0 Å². The van der Waals surface area contributed by atoms with Crippen LogP contribution in [0.1, 0.15) is 0 Å². The van der Waals surface area contributed by atoms with Gasteiger partial charge in [-0.3, -0.25) is 0 Å². The maximum atomic E-state index is 2.48. The van der Waals surface area contributed by atoms with Crippen molar-refractivity contribution in [3.8, 4) is 44.5 Å². The number of benzene rings is 9. The summed E-state index contributed by atoms with van der Waals surface area (Å²) in [6.07, 6.45) is 0. The Morgan fingerprint density at radius 1 is 0.315 bits per heavy atom. The van der Waals surface area contributed by atoms with E-state index in [0.29, 0.717) is 0 Å². The topological polar surface area (TPSA) is 3.24 Å². The molecule has 9 aromatic carbocycles. The lowest BCUT2D eigenvalue weighted by molar-refractivity contribution is 1.30. The van der Waals surface area contributed by atoms with Crippen molar-refractivity contribution in [3.05, 3.63) is 212 Å². The summed E-state index contributed by atoms with van der Waals surface area (Å²) in [5.41, 5.74) is 13.0. The number of nitrogens with zero attached hydrogens (tertiary/aromatic N) is 1. The Balaban J connectivity index is 1.22. The summed E-state index contributed by atoms with van der Waals surface area (Å²) in [5.74, 6) is 0. The van der Waals surface area contributed by atoms with Crippen LogP contribution in [-0.4, -0.2) is 0 Å². The molecule has 0 N–H and O–H groups in total. The molecule has 0 saturated heterocycles. The summed E-state index contributed by atoms with van der Waals surface area (Å²) in [4.78, 5) is 2.48. The Kier molecular flexibility index (Phi) is 8.09. The monoisotopic (exact) mass is 705 g/mol. The van der Waals surface area contributed by atoms with Gasteiger partial charge in [0.25, 0.3) is 0 Å². The minimum atomic E-state index is 1.11. The molecule has 1 aromatic heterocycles. The van der Waals surface area contributed by atoms with E-state index in [-0.39, 0.29) is 0 Å². The second-order valence-electron chi connectivity index (χ2n) is 13.7. The average molecular weight is 706 g/mol. The number of fused-ring (bicyclic) bond motifs is 4. The van der Waals surface area contributed by atoms with Gasteiger partial charge < -0.3 is 4.90 Å². The van der Waals surface area contributed by atoms with Gasteiger partial charge >= 0.3 is 0 Å². The van der Waals surface area contributed by atoms with E-state index >= 15 is 0 Å². The van der Waals surface area contributed by atoms with E-state index in [9.17, 15) is 0 Å². The van der Waals surface area contributed by atoms with Gasteiger partial charge in [0, 0.05) is 26.7 Å². The molecule has 54 heavy (non-hydrogen) atoms. The molecule has 0 radical (unpaired) electrons. The van der Waals surface area contributed by atoms with Crippen molar-refractivity contribution in [2.45, 2.75) is 0 Å². The van der Waals surface area contributed by atoms with Gasteiger partial charge in [0.15, 0.2) is 0 Å².